The Balaban J connectivity index is 2.53. The van der Waals surface area contributed by atoms with Crippen LogP contribution in [0.4, 0.5) is 5.69 Å². The third-order valence-electron chi connectivity index (χ3n) is 2.23. The minimum Gasteiger partial charge on any atom is -0.383 e. The molecule has 0 radical (unpaired) electrons. The number of rotatable bonds is 7. The van der Waals surface area contributed by atoms with Gasteiger partial charge >= 0.3 is 0 Å². The van der Waals surface area contributed by atoms with Crippen LogP contribution in [0.3, 0.4) is 0 Å². The fourth-order valence-corrected chi connectivity index (χ4v) is 1.34. The molecule has 1 heterocycles. The quantitative estimate of drug-likeness (QED) is 0.690. The highest BCUT2D eigenvalue weighted by Gasteiger charge is 2.02. The number of hydrogen-bond donors (Lipinski definition) is 2. The van der Waals surface area contributed by atoms with E-state index in [4.69, 9.17) is 4.74 Å². The smallest absolute Gasteiger partial charge is 0.0635 e. The Morgan fingerprint density at radius 2 is 2.25 bits per heavy atom. The lowest BCUT2D eigenvalue weighted by molar-refractivity contribution is 0.210. The van der Waals surface area contributed by atoms with Gasteiger partial charge in [0.15, 0.2) is 0 Å². The highest BCUT2D eigenvalue weighted by molar-refractivity contribution is 5.49. The van der Waals surface area contributed by atoms with Gasteiger partial charge in [-0.25, -0.2) is 0 Å². The first-order valence-corrected chi connectivity index (χ1v) is 5.63. The molecule has 1 rings (SSSR count). The molecule has 1 aromatic rings. The second kappa shape index (κ2) is 7.19. The molecule has 0 spiro atoms. The van der Waals surface area contributed by atoms with Crippen molar-refractivity contribution in [1.29, 1.82) is 0 Å². The molecule has 0 bridgehead atoms. The first-order chi connectivity index (χ1) is 7.74. The summed E-state index contributed by atoms with van der Waals surface area (Å²) in [6, 6.07) is 2.47. The number of methoxy groups -OCH3 is 1. The lowest BCUT2D eigenvalue weighted by atomic mass is 10.2. The third kappa shape index (κ3) is 4.59. The van der Waals surface area contributed by atoms with Gasteiger partial charge in [0.2, 0.25) is 0 Å². The van der Waals surface area contributed by atoms with Crippen molar-refractivity contribution in [1.82, 2.24) is 10.3 Å². The SMILES string of the molecule is COCCNc1ccncc1CNC(C)C. The maximum absolute atomic E-state index is 5.01. The summed E-state index contributed by atoms with van der Waals surface area (Å²) in [5.74, 6) is 0. The standard InChI is InChI=1S/C12H21N3O/c1-10(2)15-9-11-8-13-5-4-12(11)14-6-7-16-3/h4-5,8,10,15H,6-7,9H2,1-3H3,(H,13,14). The maximum atomic E-state index is 5.01. The van der Waals surface area contributed by atoms with Gasteiger partial charge in [-0.1, -0.05) is 13.8 Å². The van der Waals surface area contributed by atoms with Crippen LogP contribution in [0.1, 0.15) is 19.4 Å². The van der Waals surface area contributed by atoms with Crippen molar-refractivity contribution in [3.63, 3.8) is 0 Å². The Bertz CT molecular complexity index is 302. The van der Waals surface area contributed by atoms with E-state index in [2.05, 4.69) is 29.5 Å². The van der Waals surface area contributed by atoms with E-state index in [1.807, 2.05) is 12.3 Å². The monoisotopic (exact) mass is 223 g/mol. The highest BCUT2D eigenvalue weighted by atomic mass is 16.5. The molecule has 0 aliphatic heterocycles. The van der Waals surface area contributed by atoms with Gasteiger partial charge in [-0.15, -0.1) is 0 Å². The highest BCUT2D eigenvalue weighted by Crippen LogP contribution is 2.12. The van der Waals surface area contributed by atoms with Crippen LogP contribution in [-0.4, -0.2) is 31.3 Å². The summed E-state index contributed by atoms with van der Waals surface area (Å²) < 4.78 is 5.01. The summed E-state index contributed by atoms with van der Waals surface area (Å²) in [5.41, 5.74) is 2.31. The number of ether oxygens (including phenoxy) is 1. The number of nitrogens with zero attached hydrogens (tertiary/aromatic N) is 1. The van der Waals surface area contributed by atoms with E-state index in [0.29, 0.717) is 12.6 Å². The molecule has 0 atom stereocenters. The molecule has 90 valence electrons. The van der Waals surface area contributed by atoms with Crippen LogP contribution in [0.2, 0.25) is 0 Å². The van der Waals surface area contributed by atoms with Gasteiger partial charge in [0, 0.05) is 49.9 Å². The number of aromatic nitrogens is 1. The molecule has 0 aliphatic carbocycles. The number of pyridine rings is 1. The van der Waals surface area contributed by atoms with Gasteiger partial charge in [0.25, 0.3) is 0 Å². The Hall–Kier alpha value is -1.13. The van der Waals surface area contributed by atoms with Crippen LogP contribution in [0, 0.1) is 0 Å². The zero-order valence-electron chi connectivity index (χ0n) is 10.3. The topological polar surface area (TPSA) is 46.2 Å². The summed E-state index contributed by atoms with van der Waals surface area (Å²) in [6.45, 7) is 6.62. The average molecular weight is 223 g/mol. The van der Waals surface area contributed by atoms with Crippen molar-refractivity contribution < 1.29 is 4.74 Å². The predicted octanol–water partition coefficient (Wildman–Crippen LogP) is 1.64. The van der Waals surface area contributed by atoms with E-state index in [-0.39, 0.29) is 0 Å². The first-order valence-electron chi connectivity index (χ1n) is 5.63. The average Bonchev–Trinajstić information content (AvgIpc) is 2.28. The van der Waals surface area contributed by atoms with Crippen molar-refractivity contribution in [3.05, 3.63) is 24.0 Å². The molecule has 0 aromatic carbocycles. The van der Waals surface area contributed by atoms with Crippen molar-refractivity contribution in [2.75, 3.05) is 25.6 Å². The molecule has 16 heavy (non-hydrogen) atoms. The normalized spacial score (nSPS) is 10.8. The fourth-order valence-electron chi connectivity index (χ4n) is 1.34. The van der Waals surface area contributed by atoms with E-state index < -0.39 is 0 Å². The van der Waals surface area contributed by atoms with Crippen LogP contribution in [-0.2, 0) is 11.3 Å². The summed E-state index contributed by atoms with van der Waals surface area (Å²) in [6.07, 6.45) is 3.69. The largest absolute Gasteiger partial charge is 0.383 e. The van der Waals surface area contributed by atoms with Crippen molar-refractivity contribution in [3.8, 4) is 0 Å². The second-order valence-electron chi connectivity index (χ2n) is 3.99. The molecule has 2 N–H and O–H groups in total. The van der Waals surface area contributed by atoms with Crippen LogP contribution in [0.25, 0.3) is 0 Å². The van der Waals surface area contributed by atoms with E-state index >= 15 is 0 Å². The minimum atomic E-state index is 0.479. The number of hydrogen-bond acceptors (Lipinski definition) is 4. The molecule has 0 aliphatic rings. The molecule has 4 nitrogen and oxygen atoms in total. The molecular weight excluding hydrogens is 202 g/mol. The van der Waals surface area contributed by atoms with E-state index in [0.717, 1.165) is 18.8 Å². The zero-order chi connectivity index (χ0) is 11.8. The summed E-state index contributed by atoms with van der Waals surface area (Å²) >= 11 is 0. The molecule has 0 unspecified atom stereocenters. The van der Waals surface area contributed by atoms with Gasteiger partial charge in [-0.2, -0.15) is 0 Å². The Morgan fingerprint density at radius 3 is 2.94 bits per heavy atom. The summed E-state index contributed by atoms with van der Waals surface area (Å²) in [7, 11) is 1.70. The van der Waals surface area contributed by atoms with Crippen molar-refractivity contribution in [2.24, 2.45) is 0 Å². The number of anilines is 1. The van der Waals surface area contributed by atoms with Gasteiger partial charge in [-0.3, -0.25) is 4.98 Å². The Labute approximate surface area is 97.4 Å². The molecule has 0 saturated heterocycles. The van der Waals surface area contributed by atoms with Gasteiger partial charge in [0.05, 0.1) is 6.61 Å². The molecule has 0 saturated carbocycles. The van der Waals surface area contributed by atoms with Gasteiger partial charge < -0.3 is 15.4 Å². The molecule has 4 heteroatoms. The van der Waals surface area contributed by atoms with E-state index in [1.54, 1.807) is 13.3 Å². The second-order valence-corrected chi connectivity index (χ2v) is 3.99. The first kappa shape index (κ1) is 12.9. The van der Waals surface area contributed by atoms with E-state index in [1.165, 1.54) is 5.56 Å². The zero-order valence-corrected chi connectivity index (χ0v) is 10.3. The van der Waals surface area contributed by atoms with Crippen molar-refractivity contribution in [2.45, 2.75) is 26.4 Å². The van der Waals surface area contributed by atoms with Crippen molar-refractivity contribution >= 4 is 5.69 Å². The lowest BCUT2D eigenvalue weighted by Gasteiger charge is -2.13. The summed E-state index contributed by atoms with van der Waals surface area (Å²) in [4.78, 5) is 4.14. The molecule has 0 amide bonds. The Morgan fingerprint density at radius 1 is 1.44 bits per heavy atom. The predicted molar refractivity (Wildman–Crippen MR) is 66.6 cm³/mol. The van der Waals surface area contributed by atoms with Gasteiger partial charge in [-0.05, 0) is 6.07 Å². The molecular formula is C12H21N3O. The van der Waals surface area contributed by atoms with Gasteiger partial charge in [0.1, 0.15) is 0 Å². The molecule has 1 aromatic heterocycles. The Kier molecular flexibility index (Phi) is 5.82. The third-order valence-corrected chi connectivity index (χ3v) is 2.23. The van der Waals surface area contributed by atoms with Crippen LogP contribution in [0.15, 0.2) is 18.5 Å². The van der Waals surface area contributed by atoms with Crippen LogP contribution in [0.5, 0.6) is 0 Å². The maximum Gasteiger partial charge on any atom is 0.0635 e. The fraction of sp³-hybridized carbons (Fsp3) is 0.583. The van der Waals surface area contributed by atoms with E-state index in [9.17, 15) is 0 Å². The van der Waals surface area contributed by atoms with Crippen LogP contribution >= 0.6 is 0 Å². The lowest BCUT2D eigenvalue weighted by Crippen LogP contribution is -2.22. The molecule has 0 fully saturated rings. The number of nitrogens with one attached hydrogen (secondary N) is 2. The summed E-state index contributed by atoms with van der Waals surface area (Å²) in [5, 5.41) is 6.71. The minimum absolute atomic E-state index is 0.479. The van der Waals surface area contributed by atoms with Crippen LogP contribution < -0.4 is 10.6 Å².